The molecule has 2 aromatic rings. The number of amides is 1. The molecule has 0 radical (unpaired) electrons. The van der Waals surface area contributed by atoms with Crippen LogP contribution in [0.25, 0.3) is 11.0 Å². The zero-order valence-electron chi connectivity index (χ0n) is 13.0. The molecule has 7 heteroatoms. The molecule has 0 aliphatic carbocycles. The predicted octanol–water partition coefficient (Wildman–Crippen LogP) is 1.94. The second-order valence-corrected chi connectivity index (χ2v) is 5.69. The lowest BCUT2D eigenvalue weighted by Gasteiger charge is -2.09. The second kappa shape index (κ2) is 6.16. The van der Waals surface area contributed by atoms with E-state index in [2.05, 4.69) is 31.5 Å². The molecule has 0 saturated carbocycles. The summed E-state index contributed by atoms with van der Waals surface area (Å²) in [6, 6.07) is 1.98. The van der Waals surface area contributed by atoms with E-state index in [4.69, 9.17) is 6.42 Å². The van der Waals surface area contributed by atoms with Crippen molar-refractivity contribution in [3.63, 3.8) is 0 Å². The third kappa shape index (κ3) is 3.54. The first-order chi connectivity index (χ1) is 11.1. The van der Waals surface area contributed by atoms with Crippen LogP contribution in [0.1, 0.15) is 31.2 Å². The van der Waals surface area contributed by atoms with Crippen LogP contribution < -0.4 is 5.32 Å². The van der Waals surface area contributed by atoms with Crippen molar-refractivity contribution < 1.29 is 4.79 Å². The van der Waals surface area contributed by atoms with Crippen LogP contribution >= 0.6 is 0 Å². The molecule has 1 aliphatic rings. The molecular formula is C16H18N6O. The number of rotatable bonds is 7. The number of carbonyl (C=O) groups is 1. The molecule has 1 N–H and O–H groups in total. The van der Waals surface area contributed by atoms with Crippen molar-refractivity contribution in [2.24, 2.45) is 17.3 Å². The summed E-state index contributed by atoms with van der Waals surface area (Å²) in [4.78, 5) is 16.3. The lowest BCUT2D eigenvalue weighted by atomic mass is 10.0. The molecule has 0 saturated heterocycles. The quantitative estimate of drug-likeness (QED) is 0.793. The highest BCUT2D eigenvalue weighted by molar-refractivity contribution is 5.77. The summed E-state index contributed by atoms with van der Waals surface area (Å²) in [6.07, 6.45) is 11.1. The number of pyridine rings is 1. The second-order valence-electron chi connectivity index (χ2n) is 5.69. The summed E-state index contributed by atoms with van der Waals surface area (Å²) in [7, 11) is 1.85. The van der Waals surface area contributed by atoms with E-state index in [-0.39, 0.29) is 5.91 Å². The number of hydrogen-bond acceptors (Lipinski definition) is 5. The van der Waals surface area contributed by atoms with Gasteiger partial charge in [0, 0.05) is 50.9 Å². The molecule has 1 amide bonds. The number of aromatic nitrogens is 3. The number of terminal acetylenes is 1. The maximum absolute atomic E-state index is 12.0. The Bertz CT molecular complexity index is 794. The summed E-state index contributed by atoms with van der Waals surface area (Å²) in [5.41, 5.74) is 1.37. The minimum Gasteiger partial charge on any atom is -0.352 e. The van der Waals surface area contributed by atoms with Crippen LogP contribution in [0.3, 0.4) is 0 Å². The standard InChI is InChI=1S/C16H18N6O/c1-3-4-6-16(20-21-16)7-5-14(23)17-9-12-8-13-11-19-22(2)15(13)18-10-12/h1,8,10-11H,4-7,9H2,2H3,(H,17,23). The Labute approximate surface area is 134 Å². The number of nitrogens with one attached hydrogen (secondary N) is 1. The van der Waals surface area contributed by atoms with Crippen molar-refractivity contribution in [2.75, 3.05) is 0 Å². The molecule has 3 heterocycles. The zero-order valence-corrected chi connectivity index (χ0v) is 13.0. The average Bonchev–Trinajstić information content (AvgIpc) is 3.25. The van der Waals surface area contributed by atoms with Crippen molar-refractivity contribution in [1.82, 2.24) is 20.1 Å². The lowest BCUT2D eigenvalue weighted by molar-refractivity contribution is -0.121. The van der Waals surface area contributed by atoms with E-state index in [9.17, 15) is 4.79 Å². The fraction of sp³-hybridized carbons (Fsp3) is 0.438. The van der Waals surface area contributed by atoms with Gasteiger partial charge >= 0.3 is 0 Å². The van der Waals surface area contributed by atoms with Crippen LogP contribution in [-0.2, 0) is 18.4 Å². The number of nitrogens with zero attached hydrogens (tertiary/aromatic N) is 5. The van der Waals surface area contributed by atoms with Gasteiger partial charge in [-0.05, 0) is 11.6 Å². The van der Waals surface area contributed by atoms with Gasteiger partial charge in [0.15, 0.2) is 11.3 Å². The van der Waals surface area contributed by atoms with Crippen LogP contribution in [-0.4, -0.2) is 26.3 Å². The third-order valence-electron chi connectivity index (χ3n) is 3.92. The largest absolute Gasteiger partial charge is 0.352 e. The summed E-state index contributed by atoms with van der Waals surface area (Å²) >= 11 is 0. The Morgan fingerprint density at radius 1 is 1.39 bits per heavy atom. The van der Waals surface area contributed by atoms with Gasteiger partial charge in [0.25, 0.3) is 0 Å². The summed E-state index contributed by atoms with van der Waals surface area (Å²) in [5, 5.41) is 16.1. The van der Waals surface area contributed by atoms with Crippen LogP contribution in [0.5, 0.6) is 0 Å². The fourth-order valence-electron chi connectivity index (χ4n) is 2.46. The Morgan fingerprint density at radius 2 is 2.22 bits per heavy atom. The van der Waals surface area contributed by atoms with Crippen LogP contribution in [0.2, 0.25) is 0 Å². The first-order valence-corrected chi connectivity index (χ1v) is 7.53. The molecule has 0 bridgehead atoms. The number of aryl methyl sites for hydroxylation is 1. The minimum atomic E-state index is -0.403. The molecule has 23 heavy (non-hydrogen) atoms. The first-order valence-electron chi connectivity index (χ1n) is 7.53. The van der Waals surface area contributed by atoms with Gasteiger partial charge in [-0.2, -0.15) is 15.3 Å². The van der Waals surface area contributed by atoms with Crippen molar-refractivity contribution in [1.29, 1.82) is 0 Å². The molecule has 0 aromatic carbocycles. The van der Waals surface area contributed by atoms with Crippen LogP contribution in [0.4, 0.5) is 0 Å². The Kier molecular flexibility index (Phi) is 4.06. The Morgan fingerprint density at radius 3 is 2.96 bits per heavy atom. The first kappa shape index (κ1) is 15.2. The number of fused-ring (bicyclic) bond motifs is 1. The van der Waals surface area contributed by atoms with E-state index in [1.54, 1.807) is 17.1 Å². The smallest absolute Gasteiger partial charge is 0.220 e. The molecule has 118 valence electrons. The molecule has 0 spiro atoms. The molecule has 0 atom stereocenters. The van der Waals surface area contributed by atoms with E-state index in [0.29, 0.717) is 25.8 Å². The molecule has 7 nitrogen and oxygen atoms in total. The van der Waals surface area contributed by atoms with Gasteiger partial charge in [-0.25, -0.2) is 4.98 Å². The van der Waals surface area contributed by atoms with Crippen molar-refractivity contribution >= 4 is 16.9 Å². The van der Waals surface area contributed by atoms with Crippen molar-refractivity contribution in [2.45, 2.75) is 37.9 Å². The number of carbonyl (C=O) groups excluding carboxylic acids is 1. The van der Waals surface area contributed by atoms with Crippen molar-refractivity contribution in [3.05, 3.63) is 24.0 Å². The van der Waals surface area contributed by atoms with Gasteiger partial charge < -0.3 is 5.32 Å². The SMILES string of the molecule is C#CCCC1(CCC(=O)NCc2cnc3c(cnn3C)c2)N=N1. The van der Waals surface area contributed by atoms with Gasteiger partial charge in [-0.1, -0.05) is 0 Å². The number of hydrogen-bond donors (Lipinski definition) is 1. The van der Waals surface area contributed by atoms with E-state index < -0.39 is 5.66 Å². The fourth-order valence-corrected chi connectivity index (χ4v) is 2.46. The Hall–Kier alpha value is -2.75. The minimum absolute atomic E-state index is 0.0198. The molecule has 0 fully saturated rings. The maximum atomic E-state index is 12.0. The summed E-state index contributed by atoms with van der Waals surface area (Å²) < 4.78 is 1.72. The molecule has 2 aromatic heterocycles. The van der Waals surface area contributed by atoms with Gasteiger partial charge in [-0.15, -0.1) is 12.3 Å². The monoisotopic (exact) mass is 310 g/mol. The highest BCUT2D eigenvalue weighted by Crippen LogP contribution is 2.37. The topological polar surface area (TPSA) is 84.5 Å². The van der Waals surface area contributed by atoms with Crippen LogP contribution in [0.15, 0.2) is 28.7 Å². The van der Waals surface area contributed by atoms with Crippen molar-refractivity contribution in [3.8, 4) is 12.3 Å². The van der Waals surface area contributed by atoms with E-state index in [1.807, 2.05) is 13.1 Å². The predicted molar refractivity (Wildman–Crippen MR) is 85.2 cm³/mol. The van der Waals surface area contributed by atoms with E-state index in [1.165, 1.54) is 0 Å². The Balaban J connectivity index is 1.47. The normalized spacial score (nSPS) is 14.6. The van der Waals surface area contributed by atoms with E-state index in [0.717, 1.165) is 23.0 Å². The zero-order chi connectivity index (χ0) is 16.3. The molecule has 1 aliphatic heterocycles. The molecule has 0 unspecified atom stereocenters. The average molecular weight is 310 g/mol. The maximum Gasteiger partial charge on any atom is 0.220 e. The molecular weight excluding hydrogens is 292 g/mol. The van der Waals surface area contributed by atoms with Gasteiger partial charge in [0.05, 0.1) is 6.20 Å². The summed E-state index contributed by atoms with van der Waals surface area (Å²) in [5.74, 6) is 2.56. The van der Waals surface area contributed by atoms with Gasteiger partial charge in [0.1, 0.15) is 0 Å². The van der Waals surface area contributed by atoms with Gasteiger partial charge in [-0.3, -0.25) is 9.48 Å². The highest BCUT2D eigenvalue weighted by atomic mass is 16.1. The van der Waals surface area contributed by atoms with Crippen LogP contribution in [0, 0.1) is 12.3 Å². The van der Waals surface area contributed by atoms with E-state index >= 15 is 0 Å². The third-order valence-corrected chi connectivity index (χ3v) is 3.92. The lowest BCUT2D eigenvalue weighted by Crippen LogP contribution is -2.24. The highest BCUT2D eigenvalue weighted by Gasteiger charge is 2.39. The molecule has 3 rings (SSSR count). The van der Waals surface area contributed by atoms with Gasteiger partial charge in [0.2, 0.25) is 5.91 Å². The summed E-state index contributed by atoms with van der Waals surface area (Å²) in [6.45, 7) is 0.447.